The van der Waals surface area contributed by atoms with Crippen molar-refractivity contribution in [3.05, 3.63) is 23.9 Å². The van der Waals surface area contributed by atoms with Crippen LogP contribution in [0.3, 0.4) is 0 Å². The van der Waals surface area contributed by atoms with E-state index < -0.39 is 0 Å². The summed E-state index contributed by atoms with van der Waals surface area (Å²) in [7, 11) is 2.15. The van der Waals surface area contributed by atoms with E-state index in [0.29, 0.717) is 6.04 Å². The van der Waals surface area contributed by atoms with Gasteiger partial charge >= 0.3 is 0 Å². The molecule has 1 heterocycles. The third-order valence-corrected chi connectivity index (χ3v) is 3.86. The van der Waals surface area contributed by atoms with Crippen molar-refractivity contribution >= 4 is 21.7 Å². The predicted molar refractivity (Wildman–Crippen MR) is 67.5 cm³/mol. The van der Waals surface area contributed by atoms with Crippen LogP contribution in [0.4, 0.5) is 5.82 Å². The zero-order valence-electron chi connectivity index (χ0n) is 9.28. The fourth-order valence-corrected chi connectivity index (χ4v) is 2.38. The van der Waals surface area contributed by atoms with Crippen molar-refractivity contribution in [1.82, 2.24) is 4.98 Å². The quantitative estimate of drug-likeness (QED) is 0.780. The molecule has 15 heavy (non-hydrogen) atoms. The van der Waals surface area contributed by atoms with E-state index in [1.807, 2.05) is 12.3 Å². The summed E-state index contributed by atoms with van der Waals surface area (Å²) >= 11 is 3.51. The average molecular weight is 269 g/mol. The van der Waals surface area contributed by atoms with E-state index in [1.54, 1.807) is 0 Å². The first-order valence-corrected chi connectivity index (χ1v) is 6.59. The first-order valence-electron chi connectivity index (χ1n) is 5.46. The zero-order valence-corrected chi connectivity index (χ0v) is 10.9. The number of nitrogens with zero attached hydrogens (tertiary/aromatic N) is 2. The predicted octanol–water partition coefficient (Wildman–Crippen LogP) is 3.21. The highest BCUT2D eigenvalue weighted by Crippen LogP contribution is 2.36. The van der Waals surface area contributed by atoms with Crippen LogP contribution in [0.1, 0.15) is 25.3 Å². The lowest BCUT2D eigenvalue weighted by atomic mass is 10.1. The van der Waals surface area contributed by atoms with Crippen LogP contribution in [0, 0.1) is 5.92 Å². The molecule has 0 amide bonds. The molecule has 0 aromatic carbocycles. The fraction of sp³-hybridized carbons (Fsp3) is 0.583. The standard InChI is InChI=1S/C12H17BrN2/c1-9(10-5-6-10)15(2)12-11(8-13)4-3-7-14-12/h3-4,7,9-10H,5-6,8H2,1-2H3. The molecule has 1 fully saturated rings. The zero-order chi connectivity index (χ0) is 10.8. The highest BCUT2D eigenvalue weighted by molar-refractivity contribution is 9.08. The molecular formula is C12H17BrN2. The van der Waals surface area contributed by atoms with E-state index in [4.69, 9.17) is 0 Å². The lowest BCUT2D eigenvalue weighted by Gasteiger charge is -2.27. The van der Waals surface area contributed by atoms with Crippen LogP contribution in [-0.4, -0.2) is 18.1 Å². The summed E-state index contributed by atoms with van der Waals surface area (Å²) in [6.07, 6.45) is 4.63. The van der Waals surface area contributed by atoms with E-state index in [-0.39, 0.29) is 0 Å². The second-order valence-corrected chi connectivity index (χ2v) is 4.87. The van der Waals surface area contributed by atoms with Gasteiger partial charge < -0.3 is 4.90 Å². The second kappa shape index (κ2) is 4.52. The van der Waals surface area contributed by atoms with Crippen LogP contribution < -0.4 is 4.90 Å². The monoisotopic (exact) mass is 268 g/mol. The highest BCUT2D eigenvalue weighted by atomic mass is 79.9. The summed E-state index contributed by atoms with van der Waals surface area (Å²) in [5.41, 5.74) is 1.27. The molecule has 1 atom stereocenters. The molecule has 1 aromatic heterocycles. The van der Waals surface area contributed by atoms with Crippen molar-refractivity contribution in [2.75, 3.05) is 11.9 Å². The number of aromatic nitrogens is 1. The Morgan fingerprint density at radius 3 is 2.93 bits per heavy atom. The molecule has 0 saturated heterocycles. The molecule has 1 aromatic rings. The number of hydrogen-bond donors (Lipinski definition) is 0. The lowest BCUT2D eigenvalue weighted by Crippen LogP contribution is -2.31. The molecule has 0 radical (unpaired) electrons. The molecule has 82 valence electrons. The maximum Gasteiger partial charge on any atom is 0.132 e. The topological polar surface area (TPSA) is 16.1 Å². The van der Waals surface area contributed by atoms with Gasteiger partial charge in [-0.2, -0.15) is 0 Å². The van der Waals surface area contributed by atoms with Crippen molar-refractivity contribution in [2.45, 2.75) is 31.1 Å². The number of hydrogen-bond acceptors (Lipinski definition) is 2. The maximum absolute atomic E-state index is 4.48. The Kier molecular flexibility index (Phi) is 3.29. The van der Waals surface area contributed by atoms with Gasteiger partial charge in [0.05, 0.1) is 0 Å². The summed E-state index contributed by atoms with van der Waals surface area (Å²) in [5.74, 6) is 1.99. The molecule has 2 rings (SSSR count). The van der Waals surface area contributed by atoms with Crippen LogP contribution >= 0.6 is 15.9 Å². The van der Waals surface area contributed by atoms with Gasteiger partial charge in [-0.3, -0.25) is 0 Å². The minimum Gasteiger partial charge on any atom is -0.356 e. The Labute approximate surface area is 99.8 Å². The molecule has 1 aliphatic rings. The van der Waals surface area contributed by atoms with Crippen molar-refractivity contribution < 1.29 is 0 Å². The number of alkyl halides is 1. The van der Waals surface area contributed by atoms with E-state index >= 15 is 0 Å². The lowest BCUT2D eigenvalue weighted by molar-refractivity contribution is 0.602. The third kappa shape index (κ3) is 2.33. The smallest absolute Gasteiger partial charge is 0.132 e. The maximum atomic E-state index is 4.48. The number of pyridine rings is 1. The SMILES string of the molecule is CC(C1CC1)N(C)c1ncccc1CBr. The molecule has 1 aliphatic carbocycles. The van der Waals surface area contributed by atoms with Crippen LogP contribution in [0.15, 0.2) is 18.3 Å². The molecule has 0 spiro atoms. The number of rotatable bonds is 4. The summed E-state index contributed by atoms with van der Waals surface area (Å²) < 4.78 is 0. The van der Waals surface area contributed by atoms with Gasteiger partial charge in [-0.05, 0) is 31.7 Å². The van der Waals surface area contributed by atoms with Crippen LogP contribution in [0.5, 0.6) is 0 Å². The first kappa shape index (κ1) is 10.9. The van der Waals surface area contributed by atoms with Gasteiger partial charge in [-0.15, -0.1) is 0 Å². The number of halogens is 1. The highest BCUT2D eigenvalue weighted by Gasteiger charge is 2.31. The van der Waals surface area contributed by atoms with Crippen molar-refractivity contribution in [1.29, 1.82) is 0 Å². The van der Waals surface area contributed by atoms with E-state index in [2.05, 4.69) is 45.9 Å². The van der Waals surface area contributed by atoms with Gasteiger partial charge in [-0.1, -0.05) is 22.0 Å². The molecule has 0 aliphatic heterocycles. The Bertz CT molecular complexity index is 336. The minimum absolute atomic E-state index is 0.609. The largest absolute Gasteiger partial charge is 0.356 e. The molecule has 1 unspecified atom stereocenters. The van der Waals surface area contributed by atoms with E-state index in [1.165, 1.54) is 18.4 Å². The van der Waals surface area contributed by atoms with Gasteiger partial charge in [0.15, 0.2) is 0 Å². The Morgan fingerprint density at radius 2 is 2.33 bits per heavy atom. The molecule has 1 saturated carbocycles. The summed E-state index contributed by atoms with van der Waals surface area (Å²) in [4.78, 5) is 6.79. The van der Waals surface area contributed by atoms with Gasteiger partial charge in [0.25, 0.3) is 0 Å². The number of anilines is 1. The van der Waals surface area contributed by atoms with Crippen molar-refractivity contribution in [3.8, 4) is 0 Å². The van der Waals surface area contributed by atoms with E-state index in [9.17, 15) is 0 Å². The van der Waals surface area contributed by atoms with E-state index in [0.717, 1.165) is 17.1 Å². The molecule has 2 nitrogen and oxygen atoms in total. The molecule has 0 N–H and O–H groups in total. The summed E-state index contributed by atoms with van der Waals surface area (Å²) in [5, 5.41) is 0.873. The first-order chi connectivity index (χ1) is 7.24. The van der Waals surface area contributed by atoms with Gasteiger partial charge in [0, 0.05) is 30.2 Å². The van der Waals surface area contributed by atoms with Gasteiger partial charge in [0.2, 0.25) is 0 Å². The van der Waals surface area contributed by atoms with Gasteiger partial charge in [-0.25, -0.2) is 4.98 Å². The molecule has 3 heteroatoms. The van der Waals surface area contributed by atoms with Crippen LogP contribution in [0.2, 0.25) is 0 Å². The molecular weight excluding hydrogens is 252 g/mol. The van der Waals surface area contributed by atoms with Crippen LogP contribution in [-0.2, 0) is 5.33 Å². The Hall–Kier alpha value is -0.570. The van der Waals surface area contributed by atoms with Gasteiger partial charge in [0.1, 0.15) is 5.82 Å². The van der Waals surface area contributed by atoms with Crippen molar-refractivity contribution in [3.63, 3.8) is 0 Å². The Balaban J connectivity index is 2.19. The normalized spacial score (nSPS) is 17.5. The summed E-state index contributed by atoms with van der Waals surface area (Å²) in [6, 6.07) is 4.74. The van der Waals surface area contributed by atoms with Crippen molar-refractivity contribution in [2.24, 2.45) is 5.92 Å². The van der Waals surface area contributed by atoms with Crippen LogP contribution in [0.25, 0.3) is 0 Å². The third-order valence-electron chi connectivity index (χ3n) is 3.26. The minimum atomic E-state index is 0.609. The average Bonchev–Trinajstić information content (AvgIpc) is 3.11. The fourth-order valence-electron chi connectivity index (χ4n) is 1.94. The second-order valence-electron chi connectivity index (χ2n) is 4.31. The Morgan fingerprint density at radius 1 is 1.60 bits per heavy atom. The molecule has 0 bridgehead atoms. The summed E-state index contributed by atoms with van der Waals surface area (Å²) in [6.45, 7) is 2.30.